The average Bonchev–Trinajstić information content (AvgIpc) is 3.53. The Morgan fingerprint density at radius 3 is 1.27 bits per heavy atom. The number of rotatable bonds is 16. The molecule has 6 aromatic rings. The number of hydrogen-bond acceptors (Lipinski definition) is 6. The van der Waals surface area contributed by atoms with Crippen LogP contribution in [0.4, 0.5) is 0 Å². The lowest BCUT2D eigenvalue weighted by molar-refractivity contribution is -0.179. The van der Waals surface area contributed by atoms with Crippen LogP contribution in [-0.4, -0.2) is 42.4 Å². The number of benzene rings is 6. The van der Waals surface area contributed by atoms with E-state index < -0.39 is 36.3 Å². The molecule has 1 saturated heterocycles. The van der Waals surface area contributed by atoms with E-state index in [2.05, 4.69) is 36.4 Å². The van der Waals surface area contributed by atoms with Crippen molar-refractivity contribution in [1.29, 1.82) is 0 Å². The van der Waals surface area contributed by atoms with Crippen LogP contribution in [0.25, 0.3) is 0 Å². The largest absolute Gasteiger partial charge is 0.368 e. The second kappa shape index (κ2) is 17.5. The van der Waals surface area contributed by atoms with Crippen molar-refractivity contribution in [3.63, 3.8) is 0 Å². The van der Waals surface area contributed by atoms with Crippen LogP contribution in [-0.2, 0) is 49.1 Å². The molecule has 1 aliphatic heterocycles. The molecule has 1 heterocycles. The summed E-state index contributed by atoms with van der Waals surface area (Å²) in [5, 5.41) is 11.5. The molecule has 0 amide bonds. The molecule has 1 N–H and O–H groups in total. The molecule has 0 aliphatic carbocycles. The quantitative estimate of drug-likeness (QED) is 0.103. The Hall–Kier alpha value is -4.92. The Balaban J connectivity index is 1.25. The van der Waals surface area contributed by atoms with Crippen LogP contribution in [0.1, 0.15) is 33.4 Å². The topological polar surface area (TPSA) is 66.4 Å². The zero-order valence-electron chi connectivity index (χ0n) is 29.0. The Bertz CT molecular complexity index is 1800. The summed E-state index contributed by atoms with van der Waals surface area (Å²) in [6.07, 6.45) is -4.11. The van der Waals surface area contributed by atoms with Gasteiger partial charge in [-0.3, -0.25) is 0 Å². The second-order valence-corrected chi connectivity index (χ2v) is 12.9. The normalized spacial score (nSPS) is 19.3. The van der Waals surface area contributed by atoms with Crippen molar-refractivity contribution in [2.24, 2.45) is 0 Å². The number of aliphatic hydroxyl groups is 1. The molecular weight excluding hydrogens is 649 g/mol. The van der Waals surface area contributed by atoms with Gasteiger partial charge in [0, 0.05) is 0 Å². The minimum absolute atomic E-state index is 0.111. The molecule has 52 heavy (non-hydrogen) atoms. The molecule has 6 heteroatoms. The van der Waals surface area contributed by atoms with Gasteiger partial charge in [0.15, 0.2) is 6.29 Å². The van der Waals surface area contributed by atoms with Gasteiger partial charge in [0.2, 0.25) is 0 Å². The van der Waals surface area contributed by atoms with E-state index in [1.54, 1.807) is 0 Å². The van der Waals surface area contributed by atoms with E-state index in [0.29, 0.717) is 13.2 Å². The van der Waals surface area contributed by atoms with Gasteiger partial charge in [-0.1, -0.05) is 182 Å². The first-order valence-electron chi connectivity index (χ1n) is 17.8. The van der Waals surface area contributed by atoms with Crippen molar-refractivity contribution >= 4 is 0 Å². The fourth-order valence-corrected chi connectivity index (χ4v) is 6.86. The highest BCUT2D eigenvalue weighted by molar-refractivity contribution is 5.47. The molecule has 0 unspecified atom stereocenters. The monoisotopic (exact) mass is 692 g/mol. The van der Waals surface area contributed by atoms with Crippen LogP contribution in [0.2, 0.25) is 0 Å². The van der Waals surface area contributed by atoms with Gasteiger partial charge >= 0.3 is 0 Å². The van der Waals surface area contributed by atoms with E-state index in [4.69, 9.17) is 23.7 Å². The van der Waals surface area contributed by atoms with Gasteiger partial charge in [-0.05, 0) is 33.4 Å². The zero-order chi connectivity index (χ0) is 35.4. The van der Waals surface area contributed by atoms with Crippen LogP contribution in [0.15, 0.2) is 182 Å². The summed E-state index contributed by atoms with van der Waals surface area (Å²) in [6.45, 7) is 1.01. The second-order valence-electron chi connectivity index (χ2n) is 12.9. The van der Waals surface area contributed by atoms with Crippen LogP contribution in [0.5, 0.6) is 0 Å². The molecule has 0 bridgehead atoms. The van der Waals surface area contributed by atoms with Gasteiger partial charge in [-0.25, -0.2) is 0 Å². The molecule has 0 aromatic heterocycles. The van der Waals surface area contributed by atoms with Crippen molar-refractivity contribution in [2.75, 3.05) is 6.61 Å². The minimum atomic E-state index is -1.25. The summed E-state index contributed by atoms with van der Waals surface area (Å²) in [6, 6.07) is 60.6. The molecule has 5 atom stereocenters. The summed E-state index contributed by atoms with van der Waals surface area (Å²) in [5.41, 5.74) is 4.92. The summed E-state index contributed by atoms with van der Waals surface area (Å²) in [5.74, 6) is 0. The van der Waals surface area contributed by atoms with Gasteiger partial charge < -0.3 is 28.8 Å². The fourth-order valence-electron chi connectivity index (χ4n) is 6.86. The third-order valence-corrected chi connectivity index (χ3v) is 9.47. The van der Waals surface area contributed by atoms with Gasteiger partial charge in [-0.15, -0.1) is 0 Å². The van der Waals surface area contributed by atoms with Crippen molar-refractivity contribution in [2.45, 2.75) is 56.1 Å². The average molecular weight is 693 g/mol. The number of aliphatic hydroxyl groups excluding tert-OH is 1. The predicted molar refractivity (Wildman–Crippen MR) is 201 cm³/mol. The lowest BCUT2D eigenvalue weighted by Crippen LogP contribution is -2.46. The first-order valence-corrected chi connectivity index (χ1v) is 17.8. The Morgan fingerprint density at radius 2 is 0.846 bits per heavy atom. The van der Waals surface area contributed by atoms with E-state index in [1.165, 1.54) is 0 Å². The maximum Gasteiger partial charge on any atom is 0.184 e. The van der Waals surface area contributed by atoms with Crippen LogP contribution in [0, 0.1) is 0 Å². The molecule has 6 nitrogen and oxygen atoms in total. The van der Waals surface area contributed by atoms with Crippen LogP contribution >= 0.6 is 0 Å². The van der Waals surface area contributed by atoms with E-state index in [-0.39, 0.29) is 13.2 Å². The molecular formula is C46H44O6. The van der Waals surface area contributed by atoms with Gasteiger partial charge in [0.1, 0.15) is 30.0 Å². The van der Waals surface area contributed by atoms with Crippen molar-refractivity contribution < 1.29 is 28.8 Å². The standard InChI is InChI=1S/C46H44O6/c47-45-44(50-33-37-23-11-3-12-24-37)43(49-32-36-21-9-2-10-22-36)42(52-45)41(48-31-35-19-7-1-8-20-35)34-51-46(38-25-13-4-14-26-38,39-27-15-5-16-28-39)40-29-17-6-18-30-40/h1-30,41-45,47H,31-34H2/t41-,42+,43+,44-,45-/m1/s1. The highest BCUT2D eigenvalue weighted by Gasteiger charge is 2.50. The lowest BCUT2D eigenvalue weighted by Gasteiger charge is -2.38. The molecule has 1 fully saturated rings. The Morgan fingerprint density at radius 1 is 0.481 bits per heavy atom. The first kappa shape index (κ1) is 35.5. The lowest BCUT2D eigenvalue weighted by atomic mass is 9.80. The summed E-state index contributed by atoms with van der Waals surface area (Å²) < 4.78 is 33.5. The van der Waals surface area contributed by atoms with Gasteiger partial charge in [0.05, 0.1) is 26.4 Å². The van der Waals surface area contributed by atoms with Gasteiger partial charge in [-0.2, -0.15) is 0 Å². The molecule has 0 spiro atoms. The molecule has 6 aromatic carbocycles. The SMILES string of the molecule is O[C@@H]1O[C@@H]([C@@H](COC(c2ccccc2)(c2ccccc2)c2ccccc2)OCc2ccccc2)[C@H](OCc2ccccc2)[C@H]1OCc1ccccc1. The Labute approximate surface area is 306 Å². The number of hydrogen-bond donors (Lipinski definition) is 1. The third kappa shape index (κ3) is 8.41. The van der Waals surface area contributed by atoms with E-state index >= 15 is 0 Å². The number of ether oxygens (including phenoxy) is 5. The van der Waals surface area contributed by atoms with Crippen molar-refractivity contribution in [1.82, 2.24) is 0 Å². The van der Waals surface area contributed by atoms with Crippen LogP contribution in [0.3, 0.4) is 0 Å². The molecule has 0 radical (unpaired) electrons. The van der Waals surface area contributed by atoms with E-state index in [0.717, 1.165) is 33.4 Å². The maximum absolute atomic E-state index is 11.5. The zero-order valence-corrected chi connectivity index (χ0v) is 29.0. The summed E-state index contributed by atoms with van der Waals surface area (Å²) in [7, 11) is 0. The van der Waals surface area contributed by atoms with Crippen molar-refractivity contribution in [3.8, 4) is 0 Å². The van der Waals surface area contributed by atoms with E-state index in [9.17, 15) is 5.11 Å². The summed E-state index contributed by atoms with van der Waals surface area (Å²) in [4.78, 5) is 0. The van der Waals surface area contributed by atoms with Crippen molar-refractivity contribution in [3.05, 3.63) is 215 Å². The Kier molecular flexibility index (Phi) is 12.0. The highest BCUT2D eigenvalue weighted by atomic mass is 16.7. The first-order chi connectivity index (χ1) is 25.7. The fraction of sp³-hybridized carbons (Fsp3) is 0.217. The molecule has 1 aliphatic rings. The summed E-state index contributed by atoms with van der Waals surface area (Å²) >= 11 is 0. The van der Waals surface area contributed by atoms with Crippen LogP contribution < -0.4 is 0 Å². The molecule has 0 saturated carbocycles. The molecule has 264 valence electrons. The minimum Gasteiger partial charge on any atom is -0.368 e. The maximum atomic E-state index is 11.5. The highest BCUT2D eigenvalue weighted by Crippen LogP contribution is 2.41. The smallest absolute Gasteiger partial charge is 0.184 e. The third-order valence-electron chi connectivity index (χ3n) is 9.47. The predicted octanol–water partition coefficient (Wildman–Crippen LogP) is 8.47. The van der Waals surface area contributed by atoms with E-state index in [1.807, 2.05) is 146 Å². The van der Waals surface area contributed by atoms with Gasteiger partial charge in [0.25, 0.3) is 0 Å². The molecule has 7 rings (SSSR count).